The third kappa shape index (κ3) is 8.13. The molecular formula is C34H33ClF7N5O2. The molecule has 2 saturated heterocycles. The van der Waals surface area contributed by atoms with Gasteiger partial charge >= 0.3 is 12.4 Å². The summed E-state index contributed by atoms with van der Waals surface area (Å²) in [5.41, 5.74) is -1.31. The summed E-state index contributed by atoms with van der Waals surface area (Å²) in [6.07, 6.45) is -8.17. The van der Waals surface area contributed by atoms with Crippen LogP contribution < -0.4 is 4.90 Å². The van der Waals surface area contributed by atoms with E-state index in [4.69, 9.17) is 0 Å². The molecule has 49 heavy (non-hydrogen) atoms. The van der Waals surface area contributed by atoms with Gasteiger partial charge in [0.1, 0.15) is 5.82 Å². The topological polar surface area (TPSA) is 62.9 Å². The SMILES string of the molecule is Cl.O=C(CN1CCN(C(=O)c2cc(C(F)(F)F)cc(C(F)(F)F)c2)[C@H](Cc2c[nH]c3ccccc23)C1)N1CCN(c2ccc(F)cc2)CC1. The first-order valence-electron chi connectivity index (χ1n) is 15.4. The quantitative estimate of drug-likeness (QED) is 0.233. The zero-order chi connectivity index (χ0) is 34.2. The Labute approximate surface area is 283 Å². The predicted octanol–water partition coefficient (Wildman–Crippen LogP) is 6.48. The number of amides is 2. The molecule has 6 rings (SSSR count). The Morgan fingerprint density at radius 1 is 0.796 bits per heavy atom. The van der Waals surface area contributed by atoms with E-state index in [1.165, 1.54) is 17.0 Å². The molecule has 0 bridgehead atoms. The van der Waals surface area contributed by atoms with Gasteiger partial charge in [0.05, 0.1) is 17.7 Å². The smallest absolute Gasteiger partial charge is 0.368 e. The van der Waals surface area contributed by atoms with Crippen LogP contribution in [-0.2, 0) is 23.6 Å². The monoisotopic (exact) mass is 711 g/mol. The number of hydrogen-bond acceptors (Lipinski definition) is 4. The maximum Gasteiger partial charge on any atom is 0.416 e. The molecule has 15 heteroatoms. The Morgan fingerprint density at radius 2 is 1.43 bits per heavy atom. The Bertz CT molecular complexity index is 1750. The highest BCUT2D eigenvalue weighted by Crippen LogP contribution is 2.37. The Kier molecular flexibility index (Phi) is 10.5. The van der Waals surface area contributed by atoms with Gasteiger partial charge in [0, 0.05) is 80.2 Å². The molecular weight excluding hydrogens is 679 g/mol. The predicted molar refractivity (Wildman–Crippen MR) is 172 cm³/mol. The van der Waals surface area contributed by atoms with E-state index in [-0.39, 0.29) is 62.8 Å². The van der Waals surface area contributed by atoms with E-state index in [9.17, 15) is 40.3 Å². The zero-order valence-corrected chi connectivity index (χ0v) is 26.8. The molecule has 0 aliphatic carbocycles. The largest absolute Gasteiger partial charge is 0.416 e. The second-order valence-corrected chi connectivity index (χ2v) is 12.1. The Morgan fingerprint density at radius 3 is 2.06 bits per heavy atom. The number of alkyl halides is 6. The van der Waals surface area contributed by atoms with E-state index in [1.807, 2.05) is 29.2 Å². The second-order valence-electron chi connectivity index (χ2n) is 12.1. The molecule has 0 spiro atoms. The third-order valence-electron chi connectivity index (χ3n) is 8.98. The van der Waals surface area contributed by atoms with Gasteiger partial charge in [-0.2, -0.15) is 26.3 Å². The molecule has 3 heterocycles. The molecule has 4 aromatic rings. The van der Waals surface area contributed by atoms with Crippen LogP contribution in [0.1, 0.15) is 27.0 Å². The molecule has 2 aliphatic heterocycles. The van der Waals surface area contributed by atoms with Gasteiger partial charge in [-0.1, -0.05) is 18.2 Å². The summed E-state index contributed by atoms with van der Waals surface area (Å²) in [5, 5.41) is 0.871. The molecule has 0 saturated carbocycles. The van der Waals surface area contributed by atoms with Gasteiger partial charge in [-0.05, 0) is 60.5 Å². The standard InChI is InChI=1S/C34H32F7N5O2.ClH/c35-26-5-7-27(8-6-26)44-10-12-45(13-11-44)31(47)21-43-9-14-46(28(20-43)17-23-19-42-30-4-2-1-3-29(23)30)32(48)22-15-24(33(36,37)38)18-25(16-22)34(39,40)41;/h1-8,15-16,18-19,28,42H,9-14,17,20-21H2;1H/t28-;/m1./s1. The van der Waals surface area contributed by atoms with E-state index in [1.54, 1.807) is 23.2 Å². The van der Waals surface area contributed by atoms with Gasteiger partial charge in [0.15, 0.2) is 0 Å². The second kappa shape index (κ2) is 14.3. The number of benzene rings is 3. The van der Waals surface area contributed by atoms with Gasteiger partial charge in [-0.25, -0.2) is 4.39 Å². The minimum Gasteiger partial charge on any atom is -0.368 e. The molecule has 1 N–H and O–H groups in total. The lowest BCUT2D eigenvalue weighted by molar-refractivity contribution is -0.143. The number of nitrogens with zero attached hydrogens (tertiary/aromatic N) is 4. The number of carbonyl (C=O) groups excluding carboxylic acids is 2. The molecule has 2 fully saturated rings. The number of nitrogens with one attached hydrogen (secondary N) is 1. The minimum absolute atomic E-state index is 0. The summed E-state index contributed by atoms with van der Waals surface area (Å²) in [6.45, 7) is 2.41. The molecule has 3 aromatic carbocycles. The maximum atomic E-state index is 13.8. The third-order valence-corrected chi connectivity index (χ3v) is 8.98. The lowest BCUT2D eigenvalue weighted by atomic mass is 9.98. The molecule has 0 radical (unpaired) electrons. The van der Waals surface area contributed by atoms with Gasteiger partial charge in [0.25, 0.3) is 5.91 Å². The van der Waals surface area contributed by atoms with Crippen molar-refractivity contribution in [2.75, 3.05) is 57.3 Å². The first-order valence-corrected chi connectivity index (χ1v) is 15.4. The van der Waals surface area contributed by atoms with E-state index in [0.717, 1.165) is 22.2 Å². The molecule has 1 atom stereocenters. The zero-order valence-electron chi connectivity index (χ0n) is 26.0. The number of aromatic amines is 1. The van der Waals surface area contributed by atoms with E-state index in [2.05, 4.69) is 9.88 Å². The van der Waals surface area contributed by atoms with Crippen LogP contribution in [0.4, 0.5) is 36.4 Å². The highest BCUT2D eigenvalue weighted by atomic mass is 35.5. The van der Waals surface area contributed by atoms with Gasteiger partial charge in [-0.15, -0.1) is 12.4 Å². The van der Waals surface area contributed by atoms with Gasteiger partial charge in [-0.3, -0.25) is 14.5 Å². The van der Waals surface area contributed by atoms with E-state index in [0.29, 0.717) is 38.3 Å². The Hall–Kier alpha value is -4.30. The molecule has 0 unspecified atom stereocenters. The van der Waals surface area contributed by atoms with Crippen molar-refractivity contribution in [1.29, 1.82) is 0 Å². The summed E-state index contributed by atoms with van der Waals surface area (Å²) in [7, 11) is 0. The van der Waals surface area contributed by atoms with Crippen molar-refractivity contribution in [2.24, 2.45) is 0 Å². The summed E-state index contributed by atoms with van der Waals surface area (Å²) in [6, 6.07) is 13.8. The number of hydrogen-bond donors (Lipinski definition) is 1. The lowest BCUT2D eigenvalue weighted by Crippen LogP contribution is -2.58. The van der Waals surface area contributed by atoms with Crippen molar-refractivity contribution in [1.82, 2.24) is 19.7 Å². The number of fused-ring (bicyclic) bond motifs is 1. The van der Waals surface area contributed by atoms with Crippen molar-refractivity contribution in [2.45, 2.75) is 24.8 Å². The van der Waals surface area contributed by atoms with Crippen LogP contribution in [0.3, 0.4) is 0 Å². The normalized spacial score (nSPS) is 17.7. The van der Waals surface area contributed by atoms with Crippen molar-refractivity contribution >= 4 is 40.8 Å². The molecule has 2 aliphatic rings. The minimum atomic E-state index is -5.09. The highest BCUT2D eigenvalue weighted by molar-refractivity contribution is 5.95. The maximum absolute atomic E-state index is 13.8. The van der Waals surface area contributed by atoms with Crippen LogP contribution in [0, 0.1) is 5.82 Å². The lowest BCUT2D eigenvalue weighted by Gasteiger charge is -2.42. The fourth-order valence-electron chi connectivity index (χ4n) is 6.46. The van der Waals surface area contributed by atoms with Gasteiger partial charge < -0.3 is 19.7 Å². The average Bonchev–Trinajstić information content (AvgIpc) is 3.46. The van der Waals surface area contributed by atoms with E-state index < -0.39 is 41.0 Å². The number of anilines is 1. The fourth-order valence-corrected chi connectivity index (χ4v) is 6.46. The molecule has 262 valence electrons. The summed E-state index contributed by atoms with van der Waals surface area (Å²) >= 11 is 0. The average molecular weight is 712 g/mol. The summed E-state index contributed by atoms with van der Waals surface area (Å²) in [5.74, 6) is -1.41. The number of halogens is 8. The van der Waals surface area contributed by atoms with Crippen molar-refractivity contribution in [3.8, 4) is 0 Å². The van der Waals surface area contributed by atoms with Gasteiger partial charge in [0.2, 0.25) is 5.91 Å². The number of piperazine rings is 2. The number of aromatic nitrogens is 1. The van der Waals surface area contributed by atoms with Crippen LogP contribution in [0.15, 0.2) is 72.9 Å². The molecule has 2 amide bonds. The first-order chi connectivity index (χ1) is 22.8. The van der Waals surface area contributed by atoms with Crippen LogP contribution in [0.2, 0.25) is 0 Å². The Balaban J connectivity index is 0.00000468. The van der Waals surface area contributed by atoms with Crippen molar-refractivity contribution in [3.63, 3.8) is 0 Å². The van der Waals surface area contributed by atoms with E-state index >= 15 is 0 Å². The van der Waals surface area contributed by atoms with Crippen LogP contribution in [0.25, 0.3) is 10.9 Å². The van der Waals surface area contributed by atoms with Crippen molar-refractivity contribution in [3.05, 3.63) is 101 Å². The number of rotatable bonds is 6. The van der Waals surface area contributed by atoms with Crippen molar-refractivity contribution < 1.29 is 40.3 Å². The summed E-state index contributed by atoms with van der Waals surface area (Å²) < 4.78 is 95.0. The number of para-hydroxylation sites is 1. The van der Waals surface area contributed by atoms with Crippen LogP contribution in [0.5, 0.6) is 0 Å². The highest BCUT2D eigenvalue weighted by Gasteiger charge is 2.39. The molecule has 7 nitrogen and oxygen atoms in total. The number of carbonyl (C=O) groups is 2. The van der Waals surface area contributed by atoms with Crippen LogP contribution in [-0.4, -0.2) is 89.9 Å². The molecule has 1 aromatic heterocycles. The van der Waals surface area contributed by atoms with Crippen LogP contribution >= 0.6 is 12.4 Å². The first kappa shape index (κ1) is 36.0. The number of H-pyrrole nitrogens is 1. The summed E-state index contributed by atoms with van der Waals surface area (Å²) in [4.78, 5) is 37.3. The fraction of sp³-hybridized carbons (Fsp3) is 0.353.